The van der Waals surface area contributed by atoms with Gasteiger partial charge in [-0.2, -0.15) is 0 Å². The van der Waals surface area contributed by atoms with Crippen LogP contribution < -0.4 is 5.32 Å². The first-order chi connectivity index (χ1) is 9.76. The molecule has 1 heterocycles. The summed E-state index contributed by atoms with van der Waals surface area (Å²) >= 11 is 0. The second-order valence-corrected chi connectivity index (χ2v) is 5.89. The highest BCUT2D eigenvalue weighted by Gasteiger charge is 2.22. The molecule has 0 aliphatic heterocycles. The van der Waals surface area contributed by atoms with Crippen LogP contribution in [0.3, 0.4) is 0 Å². The zero-order valence-electron chi connectivity index (χ0n) is 12.0. The van der Waals surface area contributed by atoms with Gasteiger partial charge in [-0.15, -0.1) is 0 Å². The Morgan fingerprint density at radius 1 is 1.35 bits per heavy atom. The van der Waals surface area contributed by atoms with Crippen LogP contribution >= 0.6 is 0 Å². The number of carbonyl (C=O) groups is 1. The minimum Gasteiger partial charge on any atom is -0.361 e. The molecule has 1 saturated carbocycles. The van der Waals surface area contributed by atoms with E-state index >= 15 is 0 Å². The monoisotopic (exact) mass is 270 g/mol. The second kappa shape index (κ2) is 5.70. The number of nitrogens with one attached hydrogen (secondary N) is 2. The molecule has 1 aliphatic rings. The standard InChI is InChI=1S/C17H22N2O/c1-2-12-4-3-5-15(10-12)19-17(20)14-7-6-13-8-9-18-16(13)11-14/h6-9,11-12,15,18H,2-5,10H2,1H3,(H,19,20). The summed E-state index contributed by atoms with van der Waals surface area (Å²) in [6, 6.07) is 8.21. The number of aromatic nitrogens is 1. The number of aromatic amines is 1. The SMILES string of the molecule is CCC1CCCC(NC(=O)c2ccc3cc[nH]c3c2)C1. The maximum absolute atomic E-state index is 12.3. The summed E-state index contributed by atoms with van der Waals surface area (Å²) in [4.78, 5) is 15.5. The van der Waals surface area contributed by atoms with Crippen molar-refractivity contribution in [2.45, 2.75) is 45.1 Å². The third kappa shape index (κ3) is 2.72. The Morgan fingerprint density at radius 2 is 2.25 bits per heavy atom. The molecule has 2 atom stereocenters. The summed E-state index contributed by atoms with van der Waals surface area (Å²) in [6.45, 7) is 2.24. The molecule has 0 spiro atoms. The fraction of sp³-hybridized carbons (Fsp3) is 0.471. The molecule has 106 valence electrons. The molecule has 1 fully saturated rings. The van der Waals surface area contributed by atoms with Gasteiger partial charge in [0.25, 0.3) is 5.91 Å². The lowest BCUT2D eigenvalue weighted by Crippen LogP contribution is -2.38. The Morgan fingerprint density at radius 3 is 3.10 bits per heavy atom. The van der Waals surface area contributed by atoms with E-state index in [1.54, 1.807) is 0 Å². The van der Waals surface area contributed by atoms with Crippen LogP contribution in [0.15, 0.2) is 30.5 Å². The fourth-order valence-corrected chi connectivity index (χ4v) is 3.25. The Labute approximate surface area is 119 Å². The van der Waals surface area contributed by atoms with Crippen molar-refractivity contribution in [3.63, 3.8) is 0 Å². The van der Waals surface area contributed by atoms with E-state index in [1.165, 1.54) is 19.3 Å². The average molecular weight is 270 g/mol. The number of benzene rings is 1. The molecule has 3 nitrogen and oxygen atoms in total. The number of fused-ring (bicyclic) bond motifs is 1. The molecule has 0 saturated heterocycles. The Hall–Kier alpha value is -1.77. The summed E-state index contributed by atoms with van der Waals surface area (Å²) in [5.74, 6) is 0.836. The summed E-state index contributed by atoms with van der Waals surface area (Å²) in [5, 5.41) is 4.35. The first-order valence-corrected chi connectivity index (χ1v) is 7.64. The van der Waals surface area contributed by atoms with Crippen LogP contribution in [0, 0.1) is 5.92 Å². The van der Waals surface area contributed by atoms with Crippen LogP contribution in [-0.2, 0) is 0 Å². The van der Waals surface area contributed by atoms with E-state index in [9.17, 15) is 4.79 Å². The molecule has 0 bridgehead atoms. The molecule has 1 amide bonds. The van der Waals surface area contributed by atoms with Gasteiger partial charge in [0.05, 0.1) is 0 Å². The number of amides is 1. The Kier molecular flexibility index (Phi) is 3.77. The van der Waals surface area contributed by atoms with Crippen molar-refractivity contribution < 1.29 is 4.79 Å². The zero-order valence-corrected chi connectivity index (χ0v) is 12.0. The van der Waals surface area contributed by atoms with Gasteiger partial charge in [-0.25, -0.2) is 0 Å². The van der Waals surface area contributed by atoms with E-state index in [4.69, 9.17) is 0 Å². The van der Waals surface area contributed by atoms with Crippen molar-refractivity contribution >= 4 is 16.8 Å². The van der Waals surface area contributed by atoms with Crippen LogP contribution in [0.5, 0.6) is 0 Å². The highest BCUT2D eigenvalue weighted by Crippen LogP contribution is 2.26. The van der Waals surface area contributed by atoms with Gasteiger partial charge in [0, 0.05) is 23.3 Å². The summed E-state index contributed by atoms with van der Waals surface area (Å²) < 4.78 is 0. The third-order valence-corrected chi connectivity index (χ3v) is 4.51. The van der Waals surface area contributed by atoms with Gasteiger partial charge in [-0.05, 0) is 42.3 Å². The Balaban J connectivity index is 1.69. The van der Waals surface area contributed by atoms with Crippen molar-refractivity contribution in [2.24, 2.45) is 5.92 Å². The van der Waals surface area contributed by atoms with Gasteiger partial charge < -0.3 is 10.3 Å². The molecular formula is C17H22N2O. The zero-order chi connectivity index (χ0) is 13.9. The molecule has 2 N–H and O–H groups in total. The molecule has 2 aromatic rings. The molecule has 20 heavy (non-hydrogen) atoms. The summed E-state index contributed by atoms with van der Waals surface area (Å²) in [5.41, 5.74) is 1.77. The van der Waals surface area contributed by atoms with Crippen molar-refractivity contribution in [1.29, 1.82) is 0 Å². The number of carbonyl (C=O) groups excluding carboxylic acids is 1. The van der Waals surface area contributed by atoms with Crippen LogP contribution in [0.25, 0.3) is 10.9 Å². The van der Waals surface area contributed by atoms with Crippen LogP contribution in [-0.4, -0.2) is 16.9 Å². The molecule has 1 aromatic carbocycles. The molecule has 3 heteroatoms. The lowest BCUT2D eigenvalue weighted by molar-refractivity contribution is 0.0919. The average Bonchev–Trinajstić information content (AvgIpc) is 2.94. The van der Waals surface area contributed by atoms with Gasteiger partial charge in [-0.3, -0.25) is 4.79 Å². The lowest BCUT2D eigenvalue weighted by Gasteiger charge is -2.29. The van der Waals surface area contributed by atoms with Crippen LogP contribution in [0.4, 0.5) is 0 Å². The van der Waals surface area contributed by atoms with E-state index in [0.717, 1.165) is 35.2 Å². The smallest absolute Gasteiger partial charge is 0.251 e. The van der Waals surface area contributed by atoms with E-state index in [0.29, 0.717) is 6.04 Å². The van der Waals surface area contributed by atoms with Gasteiger partial charge in [0.15, 0.2) is 0 Å². The van der Waals surface area contributed by atoms with E-state index in [-0.39, 0.29) is 5.91 Å². The highest BCUT2D eigenvalue weighted by molar-refractivity contribution is 5.98. The topological polar surface area (TPSA) is 44.9 Å². The van der Waals surface area contributed by atoms with Crippen molar-refractivity contribution in [3.8, 4) is 0 Å². The minimum atomic E-state index is 0.0586. The maximum atomic E-state index is 12.3. The number of H-pyrrole nitrogens is 1. The van der Waals surface area contributed by atoms with Crippen molar-refractivity contribution in [1.82, 2.24) is 10.3 Å². The number of hydrogen-bond acceptors (Lipinski definition) is 1. The van der Waals surface area contributed by atoms with Gasteiger partial charge in [-0.1, -0.05) is 32.3 Å². The summed E-state index contributed by atoms with van der Waals surface area (Å²) in [6.07, 6.45) is 7.93. The minimum absolute atomic E-state index is 0.0586. The van der Waals surface area contributed by atoms with Gasteiger partial charge in [0.2, 0.25) is 0 Å². The molecule has 1 aliphatic carbocycles. The predicted octanol–water partition coefficient (Wildman–Crippen LogP) is 3.87. The van der Waals surface area contributed by atoms with Crippen LogP contribution in [0.2, 0.25) is 0 Å². The molecule has 0 radical (unpaired) electrons. The van der Waals surface area contributed by atoms with Crippen molar-refractivity contribution in [2.75, 3.05) is 0 Å². The molecule has 2 unspecified atom stereocenters. The first kappa shape index (κ1) is 13.2. The summed E-state index contributed by atoms with van der Waals surface area (Å²) in [7, 11) is 0. The maximum Gasteiger partial charge on any atom is 0.251 e. The van der Waals surface area contributed by atoms with Gasteiger partial charge >= 0.3 is 0 Å². The molecular weight excluding hydrogens is 248 g/mol. The van der Waals surface area contributed by atoms with E-state index < -0.39 is 0 Å². The Bertz CT molecular complexity index is 602. The number of rotatable bonds is 3. The van der Waals surface area contributed by atoms with Crippen molar-refractivity contribution in [3.05, 3.63) is 36.0 Å². The normalized spacial score (nSPS) is 22.9. The first-order valence-electron chi connectivity index (χ1n) is 7.64. The second-order valence-electron chi connectivity index (χ2n) is 5.89. The predicted molar refractivity (Wildman–Crippen MR) is 81.8 cm³/mol. The quantitative estimate of drug-likeness (QED) is 0.873. The molecule has 1 aromatic heterocycles. The van der Waals surface area contributed by atoms with E-state index in [1.807, 2.05) is 30.5 Å². The largest absolute Gasteiger partial charge is 0.361 e. The number of hydrogen-bond donors (Lipinski definition) is 2. The third-order valence-electron chi connectivity index (χ3n) is 4.51. The lowest BCUT2D eigenvalue weighted by atomic mass is 9.84. The van der Waals surface area contributed by atoms with E-state index in [2.05, 4.69) is 17.2 Å². The molecule has 3 rings (SSSR count). The van der Waals surface area contributed by atoms with Gasteiger partial charge in [0.1, 0.15) is 0 Å². The van der Waals surface area contributed by atoms with Crippen LogP contribution in [0.1, 0.15) is 49.4 Å². The fourth-order valence-electron chi connectivity index (χ4n) is 3.25. The highest BCUT2D eigenvalue weighted by atomic mass is 16.1.